The molecule has 14 heavy (non-hydrogen) atoms. The van der Waals surface area contributed by atoms with E-state index in [2.05, 4.69) is 0 Å². The highest BCUT2D eigenvalue weighted by Crippen LogP contribution is 2.37. The zero-order valence-corrected chi connectivity index (χ0v) is 6.75. The molecule has 5 nitrogen and oxygen atoms in total. The van der Waals surface area contributed by atoms with Gasteiger partial charge in [-0.1, -0.05) is 0 Å². The Hall–Kier alpha value is -0.860. The topological polar surface area (TPSA) is 89.8 Å². The lowest BCUT2D eigenvalue weighted by molar-refractivity contribution is -0.226. The van der Waals surface area contributed by atoms with Gasteiger partial charge < -0.3 is 15.3 Å². The molecule has 4 N–H and O–H groups in total. The van der Waals surface area contributed by atoms with E-state index in [9.17, 15) is 18.0 Å². The van der Waals surface area contributed by atoms with Crippen molar-refractivity contribution >= 4 is 5.97 Å². The molecule has 0 spiro atoms. The first-order valence-corrected chi connectivity index (χ1v) is 3.64. The summed E-state index contributed by atoms with van der Waals surface area (Å²) in [7, 11) is 0. The molecule has 1 heterocycles. The fraction of sp³-hybridized carbons (Fsp3) is 0.833. The van der Waals surface area contributed by atoms with Gasteiger partial charge in [0.25, 0.3) is 0 Å². The predicted molar refractivity (Wildman–Crippen MR) is 36.4 cm³/mol. The number of halogens is 3. The maximum absolute atomic E-state index is 12.4. The van der Waals surface area contributed by atoms with E-state index in [4.69, 9.17) is 15.3 Å². The van der Waals surface area contributed by atoms with Crippen LogP contribution < -0.4 is 5.32 Å². The Morgan fingerprint density at radius 1 is 1.43 bits per heavy atom. The van der Waals surface area contributed by atoms with Gasteiger partial charge in [0.2, 0.25) is 5.54 Å². The molecule has 1 aliphatic rings. The number of carboxylic acid groups (broad SMARTS) is 1. The first kappa shape index (κ1) is 11.2. The van der Waals surface area contributed by atoms with Crippen LogP contribution in [0.25, 0.3) is 0 Å². The molecule has 0 aliphatic carbocycles. The Morgan fingerprint density at radius 3 is 2.07 bits per heavy atom. The summed E-state index contributed by atoms with van der Waals surface area (Å²) < 4.78 is 37.1. The molecule has 1 aliphatic heterocycles. The monoisotopic (exact) mass is 215 g/mol. The van der Waals surface area contributed by atoms with Crippen molar-refractivity contribution in [2.75, 3.05) is 6.54 Å². The molecule has 1 fully saturated rings. The number of hydrogen-bond acceptors (Lipinski definition) is 4. The number of hydrogen-bond donors (Lipinski definition) is 4. The van der Waals surface area contributed by atoms with Gasteiger partial charge in [0.15, 0.2) is 0 Å². The lowest BCUT2D eigenvalue weighted by Crippen LogP contribution is -2.65. The second kappa shape index (κ2) is 3.07. The minimum atomic E-state index is -5.17. The standard InChI is InChI=1S/C6H8F3NO4/c7-6(8,9)5(4(13)14)3(12)2(11)1-10-5/h2-3,10-12H,1H2,(H,13,14)/t2-,3-,5+/m1/s1. The average molecular weight is 215 g/mol. The van der Waals surface area contributed by atoms with E-state index in [1.807, 2.05) is 0 Å². The van der Waals surface area contributed by atoms with Crippen molar-refractivity contribution < 1.29 is 33.3 Å². The lowest BCUT2D eigenvalue weighted by Gasteiger charge is -2.30. The molecule has 0 radical (unpaired) electrons. The summed E-state index contributed by atoms with van der Waals surface area (Å²) in [6, 6.07) is 0. The van der Waals surface area contributed by atoms with Crippen LogP contribution in [0, 0.1) is 0 Å². The third kappa shape index (κ3) is 1.26. The molecule has 0 bridgehead atoms. The first-order chi connectivity index (χ1) is 6.23. The summed E-state index contributed by atoms with van der Waals surface area (Å²) in [5.41, 5.74) is -3.47. The second-order valence-corrected chi connectivity index (χ2v) is 3.00. The maximum atomic E-state index is 12.4. The van der Waals surface area contributed by atoms with Crippen LogP contribution in [0.5, 0.6) is 0 Å². The molecule has 82 valence electrons. The third-order valence-corrected chi connectivity index (χ3v) is 2.18. The zero-order chi connectivity index (χ0) is 11.1. The second-order valence-electron chi connectivity index (χ2n) is 3.00. The molecule has 0 aromatic rings. The van der Waals surface area contributed by atoms with Crippen LogP contribution in [-0.4, -0.2) is 51.8 Å². The quantitative estimate of drug-likeness (QED) is 0.436. The van der Waals surface area contributed by atoms with E-state index >= 15 is 0 Å². The van der Waals surface area contributed by atoms with E-state index in [1.165, 1.54) is 0 Å². The summed E-state index contributed by atoms with van der Waals surface area (Å²) in [5.74, 6) is -2.26. The van der Waals surface area contributed by atoms with Crippen LogP contribution in [-0.2, 0) is 4.79 Å². The van der Waals surface area contributed by atoms with E-state index in [0.29, 0.717) is 0 Å². The molecule has 0 amide bonds. The van der Waals surface area contributed by atoms with E-state index < -0.39 is 36.4 Å². The number of aliphatic hydroxyl groups is 2. The Morgan fingerprint density at radius 2 is 1.93 bits per heavy atom. The molecular formula is C6H8F3NO4. The Kier molecular flexibility index (Phi) is 2.46. The van der Waals surface area contributed by atoms with Crippen LogP contribution in [0.1, 0.15) is 0 Å². The summed E-state index contributed by atoms with van der Waals surface area (Å²) in [5, 5.41) is 27.9. The Labute approximate surface area is 76.1 Å². The molecule has 3 atom stereocenters. The van der Waals surface area contributed by atoms with E-state index in [-0.39, 0.29) is 0 Å². The van der Waals surface area contributed by atoms with Crippen LogP contribution >= 0.6 is 0 Å². The predicted octanol–water partition coefficient (Wildman–Crippen LogP) is -1.30. The lowest BCUT2D eigenvalue weighted by atomic mass is 9.93. The molecule has 0 unspecified atom stereocenters. The smallest absolute Gasteiger partial charge is 0.420 e. The Balaban J connectivity index is 3.14. The van der Waals surface area contributed by atoms with Gasteiger partial charge in [0, 0.05) is 6.54 Å². The largest absolute Gasteiger partial charge is 0.480 e. The first-order valence-electron chi connectivity index (χ1n) is 3.64. The molecule has 0 aromatic carbocycles. The zero-order valence-electron chi connectivity index (χ0n) is 6.75. The van der Waals surface area contributed by atoms with Crippen LogP contribution in [0.4, 0.5) is 13.2 Å². The number of aliphatic hydroxyl groups excluding tert-OH is 2. The van der Waals surface area contributed by atoms with Gasteiger partial charge in [-0.2, -0.15) is 13.2 Å². The molecule has 1 rings (SSSR count). The van der Waals surface area contributed by atoms with E-state index in [1.54, 1.807) is 5.32 Å². The Bertz CT molecular complexity index is 256. The third-order valence-electron chi connectivity index (χ3n) is 2.18. The SMILES string of the molecule is O=C(O)[C@@]1(C(F)(F)F)NC[C@@H](O)[C@H]1O. The van der Waals surface area contributed by atoms with Gasteiger partial charge in [-0.15, -0.1) is 0 Å². The minimum Gasteiger partial charge on any atom is -0.480 e. The van der Waals surface area contributed by atoms with Gasteiger partial charge in [-0.25, -0.2) is 4.79 Å². The molecule has 8 heteroatoms. The fourth-order valence-corrected chi connectivity index (χ4v) is 1.36. The number of β-amino-alcohol motifs (C(OH)–C–C–N with tert-alkyl or cyclic N) is 1. The fourth-order valence-electron chi connectivity index (χ4n) is 1.36. The molecule has 0 saturated carbocycles. The van der Waals surface area contributed by atoms with Gasteiger partial charge >= 0.3 is 12.1 Å². The van der Waals surface area contributed by atoms with Crippen molar-refractivity contribution in [3.05, 3.63) is 0 Å². The average Bonchev–Trinajstić information content (AvgIpc) is 2.28. The molecular weight excluding hydrogens is 207 g/mol. The van der Waals surface area contributed by atoms with Gasteiger partial charge in [0.05, 0.1) is 6.10 Å². The number of nitrogens with one attached hydrogen (secondary N) is 1. The summed E-state index contributed by atoms with van der Waals surface area (Å²) in [4.78, 5) is 10.5. The van der Waals surface area contributed by atoms with Crippen molar-refractivity contribution in [1.82, 2.24) is 5.32 Å². The van der Waals surface area contributed by atoms with Crippen molar-refractivity contribution in [1.29, 1.82) is 0 Å². The van der Waals surface area contributed by atoms with Crippen molar-refractivity contribution in [2.45, 2.75) is 23.9 Å². The van der Waals surface area contributed by atoms with Crippen LogP contribution in [0.2, 0.25) is 0 Å². The summed E-state index contributed by atoms with van der Waals surface area (Å²) in [6.07, 6.45) is -9.32. The molecule has 1 saturated heterocycles. The highest BCUT2D eigenvalue weighted by molar-refractivity contribution is 5.81. The van der Waals surface area contributed by atoms with Gasteiger partial charge in [0.1, 0.15) is 6.10 Å². The number of carbonyl (C=O) groups is 1. The van der Waals surface area contributed by atoms with Crippen molar-refractivity contribution in [2.24, 2.45) is 0 Å². The van der Waals surface area contributed by atoms with Crippen LogP contribution in [0.3, 0.4) is 0 Å². The normalized spacial score (nSPS) is 38.6. The molecule has 0 aromatic heterocycles. The van der Waals surface area contributed by atoms with E-state index in [0.717, 1.165) is 0 Å². The van der Waals surface area contributed by atoms with Crippen molar-refractivity contribution in [3.8, 4) is 0 Å². The number of aliphatic carboxylic acids is 1. The van der Waals surface area contributed by atoms with Crippen molar-refractivity contribution in [3.63, 3.8) is 0 Å². The highest BCUT2D eigenvalue weighted by atomic mass is 19.4. The van der Waals surface area contributed by atoms with Gasteiger partial charge in [-0.3, -0.25) is 5.32 Å². The van der Waals surface area contributed by atoms with Crippen LogP contribution in [0.15, 0.2) is 0 Å². The maximum Gasteiger partial charge on any atom is 0.420 e. The van der Waals surface area contributed by atoms with Gasteiger partial charge in [-0.05, 0) is 0 Å². The summed E-state index contributed by atoms with van der Waals surface area (Å²) in [6.45, 7) is -0.618. The highest BCUT2D eigenvalue weighted by Gasteiger charge is 2.69. The summed E-state index contributed by atoms with van der Waals surface area (Å²) >= 11 is 0. The number of carboxylic acids is 1. The number of rotatable bonds is 1. The number of alkyl halides is 3. The minimum absolute atomic E-state index is 0.618.